The van der Waals surface area contributed by atoms with Gasteiger partial charge in [-0.25, -0.2) is 9.97 Å². The number of rotatable bonds is 4. The van der Waals surface area contributed by atoms with Crippen LogP contribution in [0.2, 0.25) is 0 Å². The number of nitrogens with two attached hydrogens (primary N) is 1. The van der Waals surface area contributed by atoms with Crippen molar-refractivity contribution >= 4 is 11.9 Å². The van der Waals surface area contributed by atoms with Gasteiger partial charge in [0.15, 0.2) is 5.96 Å². The Kier molecular flexibility index (Phi) is 5.73. The molecule has 0 radical (unpaired) electrons. The Balaban J connectivity index is 1.36. The van der Waals surface area contributed by atoms with Crippen LogP contribution in [0, 0.1) is 0 Å². The van der Waals surface area contributed by atoms with Crippen molar-refractivity contribution in [3.05, 3.63) is 18.5 Å². The summed E-state index contributed by atoms with van der Waals surface area (Å²) in [6.45, 7) is 8.27. The maximum absolute atomic E-state index is 6.38. The highest BCUT2D eigenvalue weighted by Crippen LogP contribution is 2.31. The molecule has 8 nitrogen and oxygen atoms in total. The van der Waals surface area contributed by atoms with E-state index in [-0.39, 0.29) is 5.54 Å². The highest BCUT2D eigenvalue weighted by Gasteiger charge is 2.39. The van der Waals surface area contributed by atoms with Gasteiger partial charge in [0.1, 0.15) is 0 Å². The molecule has 0 spiro atoms. The van der Waals surface area contributed by atoms with Crippen molar-refractivity contribution in [3.8, 4) is 0 Å². The molecule has 0 unspecified atom stereocenters. The minimum Gasteiger partial charge on any atom is -0.381 e. The van der Waals surface area contributed by atoms with E-state index in [1.54, 1.807) is 12.4 Å². The van der Waals surface area contributed by atoms with Gasteiger partial charge in [-0.1, -0.05) is 0 Å². The largest absolute Gasteiger partial charge is 0.381 e. The summed E-state index contributed by atoms with van der Waals surface area (Å²) in [7, 11) is 0. The van der Waals surface area contributed by atoms with Crippen LogP contribution in [-0.2, 0) is 4.74 Å². The standard InChI is InChI=1S/C19H31N7O/c20-17(24-10-12-25(13-11-24)18-21-6-3-7-22-18)23-16-19(4-14-27-15-5-19)26-8-1-2-9-26/h3,6-7H,1-2,4-5,8-16H2,(H2,20,23). The molecule has 0 aromatic carbocycles. The molecule has 0 bridgehead atoms. The third-order valence-corrected chi connectivity index (χ3v) is 6.17. The summed E-state index contributed by atoms with van der Waals surface area (Å²) in [5, 5.41) is 0. The van der Waals surface area contributed by atoms with Crippen molar-refractivity contribution in [2.75, 3.05) is 63.9 Å². The second-order valence-electron chi connectivity index (χ2n) is 7.73. The summed E-state index contributed by atoms with van der Waals surface area (Å²) >= 11 is 0. The van der Waals surface area contributed by atoms with Gasteiger partial charge in [-0.3, -0.25) is 9.89 Å². The van der Waals surface area contributed by atoms with Crippen molar-refractivity contribution in [2.45, 2.75) is 31.2 Å². The van der Waals surface area contributed by atoms with E-state index in [0.29, 0.717) is 5.96 Å². The van der Waals surface area contributed by atoms with Crippen molar-refractivity contribution < 1.29 is 4.74 Å². The van der Waals surface area contributed by atoms with E-state index in [9.17, 15) is 0 Å². The average molecular weight is 374 g/mol. The van der Waals surface area contributed by atoms with Gasteiger partial charge in [0, 0.05) is 57.3 Å². The summed E-state index contributed by atoms with van der Waals surface area (Å²) in [4.78, 5) is 20.6. The minimum atomic E-state index is 0.138. The van der Waals surface area contributed by atoms with Crippen molar-refractivity contribution in [1.82, 2.24) is 19.8 Å². The number of aliphatic imine (C=N–C) groups is 1. The predicted molar refractivity (Wildman–Crippen MR) is 106 cm³/mol. The first-order chi connectivity index (χ1) is 13.3. The molecule has 3 saturated heterocycles. The molecule has 1 aromatic heterocycles. The van der Waals surface area contributed by atoms with Crippen LogP contribution in [0.15, 0.2) is 23.5 Å². The van der Waals surface area contributed by atoms with E-state index in [2.05, 4.69) is 24.7 Å². The number of ether oxygens (including phenoxy) is 1. The third-order valence-electron chi connectivity index (χ3n) is 6.17. The van der Waals surface area contributed by atoms with E-state index < -0.39 is 0 Å². The molecule has 148 valence electrons. The Hall–Kier alpha value is -1.93. The van der Waals surface area contributed by atoms with Gasteiger partial charge in [-0.2, -0.15) is 0 Å². The summed E-state index contributed by atoms with van der Waals surface area (Å²) in [5.74, 6) is 1.47. The number of guanidine groups is 1. The van der Waals surface area contributed by atoms with Crippen LogP contribution >= 0.6 is 0 Å². The van der Waals surface area contributed by atoms with Gasteiger partial charge in [-0.05, 0) is 44.8 Å². The lowest BCUT2D eigenvalue weighted by Gasteiger charge is -2.44. The highest BCUT2D eigenvalue weighted by atomic mass is 16.5. The van der Waals surface area contributed by atoms with Crippen LogP contribution in [0.1, 0.15) is 25.7 Å². The Morgan fingerprint density at radius 1 is 1.04 bits per heavy atom. The molecule has 0 amide bonds. The Bertz CT molecular complexity index is 618. The quantitative estimate of drug-likeness (QED) is 0.610. The summed E-state index contributed by atoms with van der Waals surface area (Å²) in [6, 6.07) is 1.84. The van der Waals surface area contributed by atoms with Crippen LogP contribution in [0.3, 0.4) is 0 Å². The molecule has 3 aliphatic heterocycles. The van der Waals surface area contributed by atoms with Crippen molar-refractivity contribution in [3.63, 3.8) is 0 Å². The SMILES string of the molecule is NC(=NCC1(N2CCCC2)CCOCC1)N1CCN(c2ncccn2)CC1. The van der Waals surface area contributed by atoms with Crippen LogP contribution in [0.4, 0.5) is 5.95 Å². The van der Waals surface area contributed by atoms with Gasteiger partial charge in [0.2, 0.25) is 5.95 Å². The number of piperazine rings is 1. The number of hydrogen-bond donors (Lipinski definition) is 1. The zero-order valence-corrected chi connectivity index (χ0v) is 16.1. The van der Waals surface area contributed by atoms with Gasteiger partial charge in [-0.15, -0.1) is 0 Å². The molecule has 3 fully saturated rings. The van der Waals surface area contributed by atoms with E-state index >= 15 is 0 Å². The van der Waals surface area contributed by atoms with Crippen LogP contribution < -0.4 is 10.6 Å². The van der Waals surface area contributed by atoms with E-state index in [0.717, 1.165) is 64.7 Å². The second kappa shape index (κ2) is 8.39. The fourth-order valence-electron chi connectivity index (χ4n) is 4.44. The van der Waals surface area contributed by atoms with Gasteiger partial charge >= 0.3 is 0 Å². The number of hydrogen-bond acceptors (Lipinski definition) is 6. The average Bonchev–Trinajstić information content (AvgIpc) is 3.29. The lowest BCUT2D eigenvalue weighted by molar-refractivity contribution is -0.0139. The number of anilines is 1. The minimum absolute atomic E-state index is 0.138. The van der Waals surface area contributed by atoms with E-state index in [4.69, 9.17) is 15.5 Å². The fourth-order valence-corrected chi connectivity index (χ4v) is 4.44. The second-order valence-corrected chi connectivity index (χ2v) is 7.73. The van der Waals surface area contributed by atoms with Crippen LogP contribution in [0.25, 0.3) is 0 Å². The molecule has 1 aromatic rings. The van der Waals surface area contributed by atoms with Gasteiger partial charge < -0.3 is 20.3 Å². The van der Waals surface area contributed by atoms with Crippen molar-refractivity contribution in [1.29, 1.82) is 0 Å². The third kappa shape index (κ3) is 4.16. The monoisotopic (exact) mass is 373 g/mol. The summed E-state index contributed by atoms with van der Waals surface area (Å²) < 4.78 is 5.63. The van der Waals surface area contributed by atoms with Gasteiger partial charge in [0.05, 0.1) is 6.54 Å². The molecule has 2 N–H and O–H groups in total. The molecule has 0 atom stereocenters. The molecule has 3 aliphatic rings. The number of aromatic nitrogens is 2. The van der Waals surface area contributed by atoms with Gasteiger partial charge in [0.25, 0.3) is 0 Å². The lowest BCUT2D eigenvalue weighted by Crippen LogP contribution is -2.55. The first kappa shape index (κ1) is 18.4. The molecular formula is C19H31N7O. The maximum Gasteiger partial charge on any atom is 0.225 e. The summed E-state index contributed by atoms with van der Waals surface area (Å²) in [6.07, 6.45) is 8.29. The normalized spacial score (nSPS) is 24.4. The maximum atomic E-state index is 6.38. The molecule has 4 rings (SSSR count). The molecule has 4 heterocycles. The molecule has 8 heteroatoms. The van der Waals surface area contributed by atoms with Crippen molar-refractivity contribution in [2.24, 2.45) is 10.7 Å². The molecule has 0 saturated carbocycles. The predicted octanol–water partition coefficient (Wildman–Crippen LogP) is 0.558. The molecule has 27 heavy (non-hydrogen) atoms. The number of nitrogens with zero attached hydrogens (tertiary/aromatic N) is 6. The smallest absolute Gasteiger partial charge is 0.225 e. The first-order valence-electron chi connectivity index (χ1n) is 10.2. The Labute approximate surface area is 161 Å². The molecular weight excluding hydrogens is 342 g/mol. The lowest BCUT2D eigenvalue weighted by atomic mass is 9.88. The van der Waals surface area contributed by atoms with E-state index in [1.807, 2.05) is 6.07 Å². The Morgan fingerprint density at radius 2 is 1.70 bits per heavy atom. The fraction of sp³-hybridized carbons (Fsp3) is 0.737. The zero-order chi connectivity index (χ0) is 18.5. The van der Waals surface area contributed by atoms with E-state index in [1.165, 1.54) is 25.9 Å². The number of likely N-dealkylation sites (tertiary alicyclic amines) is 1. The topological polar surface area (TPSA) is 83.1 Å². The van der Waals surface area contributed by atoms with Crippen LogP contribution in [0.5, 0.6) is 0 Å². The summed E-state index contributed by atoms with van der Waals surface area (Å²) in [5.41, 5.74) is 6.52. The Morgan fingerprint density at radius 3 is 2.37 bits per heavy atom. The van der Waals surface area contributed by atoms with Crippen LogP contribution in [-0.4, -0.2) is 90.3 Å². The highest BCUT2D eigenvalue weighted by molar-refractivity contribution is 5.78. The molecule has 0 aliphatic carbocycles. The zero-order valence-electron chi connectivity index (χ0n) is 16.1. The first-order valence-corrected chi connectivity index (χ1v) is 10.2.